The van der Waals surface area contributed by atoms with Crippen molar-refractivity contribution in [1.82, 2.24) is 14.7 Å². The Hall–Kier alpha value is -2.18. The van der Waals surface area contributed by atoms with Gasteiger partial charge in [-0.05, 0) is 25.1 Å². The van der Waals surface area contributed by atoms with E-state index in [-0.39, 0.29) is 12.5 Å². The van der Waals surface area contributed by atoms with E-state index in [1.807, 2.05) is 48.0 Å². The Balaban J connectivity index is 2.06. The van der Waals surface area contributed by atoms with E-state index in [1.165, 1.54) is 16.2 Å². The summed E-state index contributed by atoms with van der Waals surface area (Å²) in [6.07, 6.45) is 0. The van der Waals surface area contributed by atoms with Crippen molar-refractivity contribution in [3.63, 3.8) is 0 Å². The molecule has 2 aromatic heterocycles. The Morgan fingerprint density at radius 2 is 2.09 bits per heavy atom. The van der Waals surface area contributed by atoms with Gasteiger partial charge in [-0.2, -0.15) is 5.10 Å². The number of rotatable bonds is 4. The number of carbonyl (C=O) groups is 1. The van der Waals surface area contributed by atoms with Crippen LogP contribution < -0.4 is 0 Å². The lowest BCUT2D eigenvalue weighted by atomic mass is 10.3. The highest BCUT2D eigenvalue weighted by Gasteiger charge is 2.19. The predicted molar refractivity (Wildman–Crippen MR) is 87.7 cm³/mol. The highest BCUT2D eigenvalue weighted by atomic mass is 32.1. The van der Waals surface area contributed by atoms with Gasteiger partial charge in [0.2, 0.25) is 0 Å². The van der Waals surface area contributed by atoms with Gasteiger partial charge in [-0.25, -0.2) is 4.68 Å². The predicted octanol–water partition coefficient (Wildman–Crippen LogP) is 2.46. The molecule has 1 amide bonds. The summed E-state index contributed by atoms with van der Waals surface area (Å²) in [4.78, 5) is 15.5. The van der Waals surface area contributed by atoms with Crippen LogP contribution >= 0.6 is 11.3 Å². The van der Waals surface area contributed by atoms with E-state index in [1.54, 1.807) is 7.05 Å². The normalized spacial score (nSPS) is 11.0. The van der Waals surface area contributed by atoms with Gasteiger partial charge >= 0.3 is 0 Å². The number of amides is 1. The van der Waals surface area contributed by atoms with Crippen molar-refractivity contribution in [3.8, 4) is 5.69 Å². The summed E-state index contributed by atoms with van der Waals surface area (Å²) < 4.78 is 1.87. The maximum absolute atomic E-state index is 12.4. The molecule has 0 saturated carbocycles. The summed E-state index contributed by atoms with van der Waals surface area (Å²) in [5, 5.41) is 14.5. The van der Waals surface area contributed by atoms with Gasteiger partial charge in [0, 0.05) is 19.0 Å². The molecule has 0 spiro atoms. The number of fused-ring (bicyclic) bond motifs is 1. The first-order valence-electron chi connectivity index (χ1n) is 7.02. The molecule has 0 aliphatic heterocycles. The zero-order valence-electron chi connectivity index (χ0n) is 12.5. The zero-order valence-corrected chi connectivity index (χ0v) is 13.3. The van der Waals surface area contributed by atoms with E-state index in [2.05, 4.69) is 5.10 Å². The highest BCUT2D eigenvalue weighted by Crippen LogP contribution is 2.30. The van der Waals surface area contributed by atoms with Crippen molar-refractivity contribution < 1.29 is 9.90 Å². The Morgan fingerprint density at radius 3 is 2.77 bits per heavy atom. The molecule has 22 heavy (non-hydrogen) atoms. The lowest BCUT2D eigenvalue weighted by Crippen LogP contribution is -2.28. The van der Waals surface area contributed by atoms with Gasteiger partial charge in [0.15, 0.2) is 0 Å². The second-order valence-corrected chi connectivity index (χ2v) is 6.14. The third-order valence-electron chi connectivity index (χ3n) is 3.54. The van der Waals surface area contributed by atoms with Gasteiger partial charge in [-0.1, -0.05) is 18.2 Å². The third-order valence-corrected chi connectivity index (χ3v) is 4.64. The Morgan fingerprint density at radius 1 is 1.36 bits per heavy atom. The van der Waals surface area contributed by atoms with Crippen LogP contribution in [-0.4, -0.2) is 45.9 Å². The molecule has 0 aliphatic carbocycles. The number of para-hydroxylation sites is 1. The van der Waals surface area contributed by atoms with Crippen LogP contribution in [0, 0.1) is 6.92 Å². The fourth-order valence-corrected chi connectivity index (χ4v) is 3.51. The van der Waals surface area contributed by atoms with Crippen LogP contribution in [0.3, 0.4) is 0 Å². The number of hydrogen-bond acceptors (Lipinski definition) is 4. The molecular formula is C16H17N3O2S. The minimum atomic E-state index is -0.0748. The molecule has 5 nitrogen and oxygen atoms in total. The molecule has 0 fully saturated rings. The average Bonchev–Trinajstić information content (AvgIpc) is 3.08. The van der Waals surface area contributed by atoms with Crippen molar-refractivity contribution in [2.45, 2.75) is 6.92 Å². The third kappa shape index (κ3) is 2.51. The number of benzene rings is 1. The van der Waals surface area contributed by atoms with Gasteiger partial charge in [-0.15, -0.1) is 11.3 Å². The lowest BCUT2D eigenvalue weighted by Gasteiger charge is -2.13. The van der Waals surface area contributed by atoms with E-state index < -0.39 is 0 Å². The molecule has 0 radical (unpaired) electrons. The van der Waals surface area contributed by atoms with Crippen molar-refractivity contribution in [2.24, 2.45) is 0 Å². The molecule has 0 bridgehead atoms. The molecule has 0 unspecified atom stereocenters. The SMILES string of the molecule is Cc1nn(-c2ccccc2)c2sc(C(=O)N(C)CCO)cc12. The molecule has 2 heterocycles. The molecule has 1 aromatic carbocycles. The van der Waals surface area contributed by atoms with Gasteiger partial charge in [-0.3, -0.25) is 4.79 Å². The molecule has 3 rings (SSSR count). The fraction of sp³-hybridized carbons (Fsp3) is 0.250. The van der Waals surface area contributed by atoms with Crippen LogP contribution in [-0.2, 0) is 0 Å². The summed E-state index contributed by atoms with van der Waals surface area (Å²) in [6, 6.07) is 11.8. The number of nitrogens with zero attached hydrogens (tertiary/aromatic N) is 3. The van der Waals surface area contributed by atoms with Crippen LogP contribution in [0.25, 0.3) is 15.9 Å². The summed E-state index contributed by atoms with van der Waals surface area (Å²) in [7, 11) is 1.69. The smallest absolute Gasteiger partial charge is 0.263 e. The van der Waals surface area contributed by atoms with Gasteiger partial charge < -0.3 is 10.0 Å². The van der Waals surface area contributed by atoms with Crippen LogP contribution in [0.15, 0.2) is 36.4 Å². The van der Waals surface area contributed by atoms with E-state index >= 15 is 0 Å². The molecule has 1 N–H and O–H groups in total. The van der Waals surface area contributed by atoms with Crippen molar-refractivity contribution in [3.05, 3.63) is 47.0 Å². The monoisotopic (exact) mass is 315 g/mol. The first-order valence-corrected chi connectivity index (χ1v) is 7.84. The number of likely N-dealkylation sites (N-methyl/N-ethyl adjacent to an activating group) is 1. The van der Waals surface area contributed by atoms with E-state index in [4.69, 9.17) is 5.11 Å². The average molecular weight is 315 g/mol. The number of thiophene rings is 1. The van der Waals surface area contributed by atoms with Crippen LogP contribution in [0.2, 0.25) is 0 Å². The largest absolute Gasteiger partial charge is 0.395 e. The number of aromatic nitrogens is 2. The second-order valence-electron chi connectivity index (χ2n) is 5.11. The van der Waals surface area contributed by atoms with Gasteiger partial charge in [0.05, 0.1) is 22.9 Å². The molecule has 3 aromatic rings. The number of hydrogen-bond donors (Lipinski definition) is 1. The van der Waals surface area contributed by atoms with Crippen molar-refractivity contribution >= 4 is 27.5 Å². The summed E-state index contributed by atoms with van der Waals surface area (Å²) in [5.74, 6) is -0.0748. The number of aliphatic hydroxyl groups excluding tert-OH is 1. The minimum absolute atomic E-state index is 0.0377. The van der Waals surface area contributed by atoms with Crippen LogP contribution in [0.1, 0.15) is 15.4 Å². The number of aryl methyl sites for hydroxylation is 1. The Bertz CT molecular complexity index is 808. The molecular weight excluding hydrogens is 298 g/mol. The van der Waals surface area contributed by atoms with E-state index in [0.29, 0.717) is 11.4 Å². The quantitative estimate of drug-likeness (QED) is 0.804. The molecule has 0 atom stereocenters. The molecule has 6 heteroatoms. The van der Waals surface area contributed by atoms with E-state index in [9.17, 15) is 4.79 Å². The topological polar surface area (TPSA) is 58.4 Å². The molecule has 0 aliphatic rings. The zero-order chi connectivity index (χ0) is 15.7. The van der Waals surface area contributed by atoms with Crippen LogP contribution in [0.5, 0.6) is 0 Å². The van der Waals surface area contributed by atoms with E-state index in [0.717, 1.165) is 21.6 Å². The molecule has 114 valence electrons. The maximum atomic E-state index is 12.4. The van der Waals surface area contributed by atoms with Crippen molar-refractivity contribution in [2.75, 3.05) is 20.2 Å². The summed E-state index contributed by atoms with van der Waals surface area (Å²) in [5.41, 5.74) is 1.88. The molecule has 0 saturated heterocycles. The summed E-state index contributed by atoms with van der Waals surface area (Å²) >= 11 is 1.43. The Kier molecular flexibility index (Phi) is 3.96. The fourth-order valence-electron chi connectivity index (χ4n) is 2.34. The van der Waals surface area contributed by atoms with Crippen LogP contribution in [0.4, 0.5) is 0 Å². The highest BCUT2D eigenvalue weighted by molar-refractivity contribution is 7.20. The van der Waals surface area contributed by atoms with Gasteiger partial charge in [0.1, 0.15) is 4.83 Å². The number of aliphatic hydroxyl groups is 1. The Labute approximate surface area is 132 Å². The second kappa shape index (κ2) is 5.90. The minimum Gasteiger partial charge on any atom is -0.395 e. The lowest BCUT2D eigenvalue weighted by molar-refractivity contribution is 0.0772. The first kappa shape index (κ1) is 14.7. The first-order chi connectivity index (χ1) is 10.6. The number of carbonyl (C=O) groups excluding carboxylic acids is 1. The summed E-state index contributed by atoms with van der Waals surface area (Å²) in [6.45, 7) is 2.24. The van der Waals surface area contributed by atoms with Crippen molar-refractivity contribution in [1.29, 1.82) is 0 Å². The van der Waals surface area contributed by atoms with Gasteiger partial charge in [0.25, 0.3) is 5.91 Å². The standard InChI is InChI=1S/C16H17N3O2S/c1-11-13-10-14(15(21)18(2)8-9-20)22-16(13)19(17-11)12-6-4-3-5-7-12/h3-7,10,20H,8-9H2,1-2H3. The maximum Gasteiger partial charge on any atom is 0.263 e.